The molecule has 0 unspecified atom stereocenters. The van der Waals surface area contributed by atoms with Crippen molar-refractivity contribution in [2.24, 2.45) is 5.92 Å². The van der Waals surface area contributed by atoms with Gasteiger partial charge in [-0.3, -0.25) is 4.79 Å². The third-order valence-corrected chi connectivity index (χ3v) is 3.97. The Labute approximate surface area is 128 Å². The smallest absolute Gasteiger partial charge is 0.335 e. The molecule has 0 aliphatic carbocycles. The number of piperidine rings is 1. The Kier molecular flexibility index (Phi) is 5.07. The van der Waals surface area contributed by atoms with Crippen LogP contribution in [0.5, 0.6) is 0 Å². The number of nitrogens with zero attached hydrogens (tertiary/aromatic N) is 1. The largest absolute Gasteiger partial charge is 0.478 e. The van der Waals surface area contributed by atoms with Gasteiger partial charge in [0.15, 0.2) is 0 Å². The van der Waals surface area contributed by atoms with Gasteiger partial charge in [0, 0.05) is 13.1 Å². The molecule has 0 atom stereocenters. The number of carboxylic acids is 1. The van der Waals surface area contributed by atoms with Crippen LogP contribution in [-0.4, -0.2) is 36.7 Å². The fourth-order valence-corrected chi connectivity index (χ4v) is 2.74. The maximum atomic E-state index is 11.7. The number of anilines is 1. The quantitative estimate of drug-likeness (QED) is 0.866. The molecule has 1 saturated heterocycles. The van der Waals surface area contributed by atoms with E-state index in [9.17, 15) is 9.59 Å². The summed E-state index contributed by atoms with van der Waals surface area (Å²) in [5.41, 5.74) is 0.917. The number of carbonyl (C=O) groups excluding carboxylic acids is 1. The van der Waals surface area contributed by atoms with Crippen molar-refractivity contribution in [3.63, 3.8) is 0 Å². The summed E-state index contributed by atoms with van der Waals surface area (Å²) in [5, 5.41) is 9.57. The SMILES string of the molecule is CCOC(=O)C1CCN(c2cc(C(=O)O)ccc2Cl)CC1. The number of esters is 1. The van der Waals surface area contributed by atoms with E-state index in [0.29, 0.717) is 43.2 Å². The number of rotatable bonds is 4. The fourth-order valence-electron chi connectivity index (χ4n) is 2.50. The van der Waals surface area contributed by atoms with E-state index >= 15 is 0 Å². The molecule has 1 aromatic rings. The summed E-state index contributed by atoms with van der Waals surface area (Å²) in [6.07, 6.45) is 1.37. The van der Waals surface area contributed by atoms with Gasteiger partial charge in [0.2, 0.25) is 0 Å². The Morgan fingerprint density at radius 3 is 2.62 bits per heavy atom. The Balaban J connectivity index is 2.07. The van der Waals surface area contributed by atoms with Crippen LogP contribution in [0.2, 0.25) is 5.02 Å². The molecular weight excluding hydrogens is 294 g/mol. The minimum atomic E-state index is -0.977. The maximum absolute atomic E-state index is 11.7. The highest BCUT2D eigenvalue weighted by Crippen LogP contribution is 2.31. The van der Waals surface area contributed by atoms with Crippen LogP contribution < -0.4 is 4.90 Å². The summed E-state index contributed by atoms with van der Waals surface area (Å²) in [7, 11) is 0. The molecule has 1 fully saturated rings. The molecule has 0 spiro atoms. The molecule has 1 heterocycles. The molecule has 0 saturated carbocycles. The zero-order chi connectivity index (χ0) is 15.4. The summed E-state index contributed by atoms with van der Waals surface area (Å²) in [4.78, 5) is 24.8. The monoisotopic (exact) mass is 311 g/mol. The lowest BCUT2D eigenvalue weighted by atomic mass is 9.96. The van der Waals surface area contributed by atoms with Gasteiger partial charge in [0.05, 0.1) is 28.8 Å². The van der Waals surface area contributed by atoms with Crippen molar-refractivity contribution in [1.29, 1.82) is 0 Å². The first-order valence-corrected chi connectivity index (χ1v) is 7.35. The van der Waals surface area contributed by atoms with E-state index in [0.717, 1.165) is 0 Å². The van der Waals surface area contributed by atoms with Crippen LogP contribution in [0.15, 0.2) is 18.2 Å². The number of carbonyl (C=O) groups is 2. The van der Waals surface area contributed by atoms with Crippen molar-refractivity contribution in [2.75, 3.05) is 24.6 Å². The molecule has 21 heavy (non-hydrogen) atoms. The number of hydrogen-bond donors (Lipinski definition) is 1. The van der Waals surface area contributed by atoms with Crippen LogP contribution in [-0.2, 0) is 9.53 Å². The van der Waals surface area contributed by atoms with E-state index in [1.54, 1.807) is 19.1 Å². The third-order valence-electron chi connectivity index (χ3n) is 3.65. The highest BCUT2D eigenvalue weighted by Gasteiger charge is 2.27. The van der Waals surface area contributed by atoms with E-state index in [1.165, 1.54) is 6.07 Å². The first-order valence-electron chi connectivity index (χ1n) is 6.97. The van der Waals surface area contributed by atoms with Crippen molar-refractivity contribution < 1.29 is 19.4 Å². The van der Waals surface area contributed by atoms with Crippen molar-refractivity contribution in [1.82, 2.24) is 0 Å². The number of hydrogen-bond acceptors (Lipinski definition) is 4. The number of benzene rings is 1. The normalized spacial score (nSPS) is 15.8. The summed E-state index contributed by atoms with van der Waals surface area (Å²) in [5.74, 6) is -1.21. The number of halogens is 1. The molecule has 1 aromatic carbocycles. The van der Waals surface area contributed by atoms with Crippen molar-refractivity contribution >= 4 is 29.2 Å². The van der Waals surface area contributed by atoms with E-state index in [1.807, 2.05) is 4.90 Å². The second kappa shape index (κ2) is 6.80. The maximum Gasteiger partial charge on any atom is 0.335 e. The van der Waals surface area contributed by atoms with Gasteiger partial charge in [-0.25, -0.2) is 4.79 Å². The Morgan fingerprint density at radius 1 is 1.38 bits per heavy atom. The molecule has 2 rings (SSSR count). The second-order valence-corrected chi connectivity index (χ2v) is 5.39. The zero-order valence-electron chi connectivity index (χ0n) is 11.8. The molecule has 1 aliphatic rings. The summed E-state index contributed by atoms with van der Waals surface area (Å²) in [6, 6.07) is 4.66. The minimum absolute atomic E-state index is 0.0809. The molecule has 5 nitrogen and oxygen atoms in total. The molecule has 1 N–H and O–H groups in total. The Morgan fingerprint density at radius 2 is 2.05 bits per heavy atom. The van der Waals surface area contributed by atoms with Gasteiger partial charge in [0.25, 0.3) is 0 Å². The molecule has 0 bridgehead atoms. The van der Waals surface area contributed by atoms with Gasteiger partial charge in [-0.15, -0.1) is 0 Å². The van der Waals surface area contributed by atoms with Crippen LogP contribution in [0.25, 0.3) is 0 Å². The van der Waals surface area contributed by atoms with Gasteiger partial charge < -0.3 is 14.7 Å². The van der Waals surface area contributed by atoms with E-state index in [2.05, 4.69) is 0 Å². The van der Waals surface area contributed by atoms with Crippen LogP contribution in [0.3, 0.4) is 0 Å². The zero-order valence-corrected chi connectivity index (χ0v) is 12.6. The lowest BCUT2D eigenvalue weighted by Crippen LogP contribution is -2.37. The molecule has 114 valence electrons. The standard InChI is InChI=1S/C15H18ClNO4/c1-2-21-15(20)10-5-7-17(8-6-10)13-9-11(14(18)19)3-4-12(13)16/h3-4,9-10H,2,5-8H2,1H3,(H,18,19). The minimum Gasteiger partial charge on any atom is -0.478 e. The third kappa shape index (κ3) is 3.67. The molecule has 0 aromatic heterocycles. The lowest BCUT2D eigenvalue weighted by Gasteiger charge is -2.33. The fraction of sp³-hybridized carbons (Fsp3) is 0.467. The molecule has 1 aliphatic heterocycles. The second-order valence-electron chi connectivity index (χ2n) is 4.98. The topological polar surface area (TPSA) is 66.8 Å². The predicted octanol–water partition coefficient (Wildman–Crippen LogP) is 2.82. The van der Waals surface area contributed by atoms with Crippen molar-refractivity contribution in [2.45, 2.75) is 19.8 Å². The summed E-state index contributed by atoms with van der Waals surface area (Å²) in [6.45, 7) is 3.51. The Hall–Kier alpha value is -1.75. The number of ether oxygens (including phenoxy) is 1. The highest BCUT2D eigenvalue weighted by atomic mass is 35.5. The average Bonchev–Trinajstić information content (AvgIpc) is 2.48. The number of carboxylic acid groups (broad SMARTS) is 1. The van der Waals surface area contributed by atoms with Crippen LogP contribution in [0.4, 0.5) is 5.69 Å². The van der Waals surface area contributed by atoms with Crippen LogP contribution in [0.1, 0.15) is 30.1 Å². The molecule has 0 radical (unpaired) electrons. The molecule has 0 amide bonds. The Bertz CT molecular complexity index is 538. The van der Waals surface area contributed by atoms with Gasteiger partial charge in [-0.05, 0) is 38.0 Å². The summed E-state index contributed by atoms with van der Waals surface area (Å²) < 4.78 is 5.04. The van der Waals surface area contributed by atoms with Crippen LogP contribution >= 0.6 is 11.6 Å². The van der Waals surface area contributed by atoms with E-state index < -0.39 is 5.97 Å². The first kappa shape index (κ1) is 15.6. The molecular formula is C15H18ClNO4. The van der Waals surface area contributed by atoms with Gasteiger partial charge in [0.1, 0.15) is 0 Å². The predicted molar refractivity (Wildman–Crippen MR) is 80.0 cm³/mol. The average molecular weight is 312 g/mol. The van der Waals surface area contributed by atoms with Crippen molar-refractivity contribution in [3.8, 4) is 0 Å². The highest BCUT2D eigenvalue weighted by molar-refractivity contribution is 6.33. The van der Waals surface area contributed by atoms with E-state index in [4.69, 9.17) is 21.4 Å². The van der Waals surface area contributed by atoms with E-state index in [-0.39, 0.29) is 17.5 Å². The van der Waals surface area contributed by atoms with Gasteiger partial charge in [-0.1, -0.05) is 11.6 Å². The van der Waals surface area contributed by atoms with Crippen molar-refractivity contribution in [3.05, 3.63) is 28.8 Å². The molecule has 6 heteroatoms. The summed E-state index contributed by atoms with van der Waals surface area (Å²) >= 11 is 6.16. The van der Waals surface area contributed by atoms with Crippen LogP contribution in [0, 0.1) is 5.92 Å². The van der Waals surface area contributed by atoms with Gasteiger partial charge in [-0.2, -0.15) is 0 Å². The lowest BCUT2D eigenvalue weighted by molar-refractivity contribution is -0.148. The first-order chi connectivity index (χ1) is 10.0. The number of aromatic carboxylic acids is 1. The van der Waals surface area contributed by atoms with Gasteiger partial charge >= 0.3 is 11.9 Å².